The standard InChI is InChI=1S/C10H14N2S/c1-6-12-8-4-2-3-7(9-5-11-9)10(8)13-6/h7,9,11H,2-5H2,1H3. The molecule has 0 radical (unpaired) electrons. The van der Waals surface area contributed by atoms with Crippen LogP contribution in [0.3, 0.4) is 0 Å². The zero-order valence-electron chi connectivity index (χ0n) is 7.84. The van der Waals surface area contributed by atoms with Gasteiger partial charge in [0.25, 0.3) is 0 Å². The molecule has 1 aromatic rings. The van der Waals surface area contributed by atoms with Gasteiger partial charge in [-0.15, -0.1) is 11.3 Å². The lowest BCUT2D eigenvalue weighted by molar-refractivity contribution is 0.547. The number of rotatable bonds is 1. The smallest absolute Gasteiger partial charge is 0.0900 e. The van der Waals surface area contributed by atoms with Crippen LogP contribution in [0, 0.1) is 6.92 Å². The lowest BCUT2D eigenvalue weighted by atomic mass is 9.89. The maximum atomic E-state index is 4.60. The maximum Gasteiger partial charge on any atom is 0.0900 e. The molecule has 0 saturated carbocycles. The van der Waals surface area contributed by atoms with Crippen LogP contribution in [0.25, 0.3) is 0 Å². The highest BCUT2D eigenvalue weighted by atomic mass is 32.1. The van der Waals surface area contributed by atoms with E-state index in [0.29, 0.717) is 0 Å². The van der Waals surface area contributed by atoms with Crippen LogP contribution in [-0.2, 0) is 6.42 Å². The second-order valence-electron chi connectivity index (χ2n) is 4.06. The van der Waals surface area contributed by atoms with Crippen LogP contribution in [-0.4, -0.2) is 17.6 Å². The molecule has 3 rings (SSSR count). The Bertz CT molecular complexity index is 328. The third-order valence-electron chi connectivity index (χ3n) is 3.03. The SMILES string of the molecule is Cc1nc2c(s1)C(C1CN1)CCC2. The highest BCUT2D eigenvalue weighted by Gasteiger charge is 2.36. The fraction of sp³-hybridized carbons (Fsp3) is 0.700. The van der Waals surface area contributed by atoms with Crippen LogP contribution < -0.4 is 5.32 Å². The van der Waals surface area contributed by atoms with E-state index in [2.05, 4.69) is 17.2 Å². The number of nitrogens with one attached hydrogen (secondary N) is 1. The normalized spacial score (nSPS) is 31.5. The van der Waals surface area contributed by atoms with E-state index in [4.69, 9.17) is 0 Å². The van der Waals surface area contributed by atoms with Crippen LogP contribution >= 0.6 is 11.3 Å². The summed E-state index contributed by atoms with van der Waals surface area (Å²) in [6.45, 7) is 3.35. The highest BCUT2D eigenvalue weighted by Crippen LogP contribution is 2.39. The Balaban J connectivity index is 1.99. The van der Waals surface area contributed by atoms with Gasteiger partial charge < -0.3 is 5.32 Å². The van der Waals surface area contributed by atoms with Gasteiger partial charge in [-0.2, -0.15) is 0 Å². The van der Waals surface area contributed by atoms with Gasteiger partial charge in [0, 0.05) is 23.4 Å². The van der Waals surface area contributed by atoms with E-state index in [1.165, 1.54) is 36.5 Å². The van der Waals surface area contributed by atoms with E-state index in [1.807, 2.05) is 11.3 Å². The molecule has 2 nitrogen and oxygen atoms in total. The zero-order valence-corrected chi connectivity index (χ0v) is 8.66. The summed E-state index contributed by atoms with van der Waals surface area (Å²) in [6, 6.07) is 0.777. The number of hydrogen-bond acceptors (Lipinski definition) is 3. The summed E-state index contributed by atoms with van der Waals surface area (Å²) in [5, 5.41) is 4.68. The minimum atomic E-state index is 0.777. The minimum Gasteiger partial charge on any atom is -0.310 e. The Morgan fingerprint density at radius 1 is 1.54 bits per heavy atom. The van der Waals surface area contributed by atoms with Gasteiger partial charge in [0.1, 0.15) is 0 Å². The molecule has 1 saturated heterocycles. The molecule has 1 aliphatic heterocycles. The van der Waals surface area contributed by atoms with Crippen molar-refractivity contribution in [2.24, 2.45) is 0 Å². The molecular weight excluding hydrogens is 180 g/mol. The number of nitrogens with zero attached hydrogens (tertiary/aromatic N) is 1. The number of fused-ring (bicyclic) bond motifs is 1. The second-order valence-corrected chi connectivity index (χ2v) is 5.29. The van der Waals surface area contributed by atoms with Crippen LogP contribution in [0.4, 0.5) is 0 Å². The van der Waals surface area contributed by atoms with E-state index < -0.39 is 0 Å². The van der Waals surface area contributed by atoms with Crippen molar-refractivity contribution in [3.63, 3.8) is 0 Å². The molecule has 1 N–H and O–H groups in total. The third kappa shape index (κ3) is 1.30. The molecule has 2 unspecified atom stereocenters. The average molecular weight is 194 g/mol. The van der Waals surface area contributed by atoms with Gasteiger partial charge in [0.15, 0.2) is 0 Å². The third-order valence-corrected chi connectivity index (χ3v) is 4.17. The van der Waals surface area contributed by atoms with E-state index in [1.54, 1.807) is 4.88 Å². The molecule has 3 heteroatoms. The van der Waals surface area contributed by atoms with Crippen molar-refractivity contribution in [1.29, 1.82) is 0 Å². The number of thiazole rings is 1. The Kier molecular flexibility index (Phi) is 1.70. The highest BCUT2D eigenvalue weighted by molar-refractivity contribution is 7.11. The summed E-state index contributed by atoms with van der Waals surface area (Å²) in [7, 11) is 0. The fourth-order valence-corrected chi connectivity index (χ4v) is 3.48. The summed E-state index contributed by atoms with van der Waals surface area (Å²) >= 11 is 1.92. The molecule has 70 valence electrons. The molecule has 1 fully saturated rings. The Hall–Kier alpha value is -0.410. The van der Waals surface area contributed by atoms with Crippen molar-refractivity contribution in [2.75, 3.05) is 6.54 Å². The minimum absolute atomic E-state index is 0.777. The summed E-state index contributed by atoms with van der Waals surface area (Å²) in [4.78, 5) is 6.18. The van der Waals surface area contributed by atoms with Crippen molar-refractivity contribution in [3.05, 3.63) is 15.6 Å². The molecule has 1 aromatic heterocycles. The zero-order chi connectivity index (χ0) is 8.84. The fourth-order valence-electron chi connectivity index (χ4n) is 2.31. The molecule has 13 heavy (non-hydrogen) atoms. The Labute approximate surface area is 82.4 Å². The summed E-state index contributed by atoms with van der Waals surface area (Å²) in [5.41, 5.74) is 1.40. The quantitative estimate of drug-likeness (QED) is 0.692. The van der Waals surface area contributed by atoms with Crippen molar-refractivity contribution in [2.45, 2.75) is 38.1 Å². The first-order chi connectivity index (χ1) is 6.34. The van der Waals surface area contributed by atoms with E-state index in [0.717, 1.165) is 12.0 Å². The molecular formula is C10H14N2S. The predicted octanol–water partition coefficient (Wildman–Crippen LogP) is 1.84. The lowest BCUT2D eigenvalue weighted by Crippen LogP contribution is -2.14. The first-order valence-electron chi connectivity index (χ1n) is 5.04. The summed E-state index contributed by atoms with van der Waals surface area (Å²) in [5.74, 6) is 0.787. The largest absolute Gasteiger partial charge is 0.310 e. The van der Waals surface area contributed by atoms with Gasteiger partial charge in [-0.25, -0.2) is 4.98 Å². The monoisotopic (exact) mass is 194 g/mol. The first kappa shape index (κ1) is 7.94. The van der Waals surface area contributed by atoms with Crippen molar-refractivity contribution >= 4 is 11.3 Å². The van der Waals surface area contributed by atoms with E-state index in [9.17, 15) is 0 Å². The molecule has 0 aromatic carbocycles. The summed E-state index contributed by atoms with van der Waals surface area (Å²) < 4.78 is 0. The predicted molar refractivity (Wildman–Crippen MR) is 54.3 cm³/mol. The van der Waals surface area contributed by atoms with Crippen molar-refractivity contribution in [3.8, 4) is 0 Å². The van der Waals surface area contributed by atoms with Gasteiger partial charge >= 0.3 is 0 Å². The van der Waals surface area contributed by atoms with Crippen molar-refractivity contribution < 1.29 is 0 Å². The molecule has 0 amide bonds. The number of hydrogen-bond donors (Lipinski definition) is 1. The first-order valence-corrected chi connectivity index (χ1v) is 5.86. The summed E-state index contributed by atoms with van der Waals surface area (Å²) in [6.07, 6.45) is 3.91. The van der Waals surface area contributed by atoms with Gasteiger partial charge in [-0.05, 0) is 26.2 Å². The van der Waals surface area contributed by atoms with Crippen LogP contribution in [0.2, 0.25) is 0 Å². The Morgan fingerprint density at radius 3 is 3.15 bits per heavy atom. The molecule has 1 aliphatic carbocycles. The molecule has 0 spiro atoms. The molecule has 2 aliphatic rings. The average Bonchev–Trinajstić information content (AvgIpc) is 2.86. The van der Waals surface area contributed by atoms with E-state index >= 15 is 0 Å². The van der Waals surface area contributed by atoms with Gasteiger partial charge in [0.2, 0.25) is 0 Å². The van der Waals surface area contributed by atoms with Crippen molar-refractivity contribution in [1.82, 2.24) is 10.3 Å². The Morgan fingerprint density at radius 2 is 2.38 bits per heavy atom. The molecule has 0 bridgehead atoms. The van der Waals surface area contributed by atoms with Gasteiger partial charge in [-0.3, -0.25) is 0 Å². The lowest BCUT2D eigenvalue weighted by Gasteiger charge is -2.19. The molecule has 2 heterocycles. The van der Waals surface area contributed by atoms with Crippen LogP contribution in [0.1, 0.15) is 34.3 Å². The topological polar surface area (TPSA) is 34.8 Å². The molecule has 2 atom stereocenters. The van der Waals surface area contributed by atoms with Gasteiger partial charge in [-0.1, -0.05) is 0 Å². The number of aromatic nitrogens is 1. The van der Waals surface area contributed by atoms with E-state index in [-0.39, 0.29) is 0 Å². The number of aryl methyl sites for hydroxylation is 2. The van der Waals surface area contributed by atoms with Crippen LogP contribution in [0.5, 0.6) is 0 Å². The maximum absolute atomic E-state index is 4.60. The van der Waals surface area contributed by atoms with Gasteiger partial charge in [0.05, 0.1) is 10.7 Å². The van der Waals surface area contributed by atoms with Crippen LogP contribution in [0.15, 0.2) is 0 Å². The second kappa shape index (κ2) is 2.79.